The van der Waals surface area contributed by atoms with Crippen LogP contribution in [0, 0.1) is 0 Å². The number of phosphoric acid groups is 1. The molecule has 13 nitrogen and oxygen atoms in total. The van der Waals surface area contributed by atoms with Crippen LogP contribution in [0.5, 0.6) is 0 Å². The van der Waals surface area contributed by atoms with Gasteiger partial charge in [-0.3, -0.25) is 18.6 Å². The van der Waals surface area contributed by atoms with Gasteiger partial charge in [0.1, 0.15) is 43.2 Å². The molecule has 0 aromatic rings. The predicted octanol–water partition coefficient (Wildman–Crippen LogP) is 8.67. The van der Waals surface area contributed by atoms with E-state index in [9.17, 15) is 44.6 Å². The molecule has 1 rings (SSSR count). The molecule has 1 aliphatic rings. The molecule has 0 spiro atoms. The van der Waals surface area contributed by atoms with Gasteiger partial charge in [0.25, 0.3) is 0 Å². The van der Waals surface area contributed by atoms with E-state index in [1.54, 1.807) is 0 Å². The minimum Gasteiger partial charge on any atom is -0.462 e. The zero-order valence-electron chi connectivity index (χ0n) is 36.1. The zero-order valence-corrected chi connectivity index (χ0v) is 37.0. The van der Waals surface area contributed by atoms with Gasteiger partial charge in [-0.2, -0.15) is 0 Å². The molecule has 342 valence electrons. The van der Waals surface area contributed by atoms with Gasteiger partial charge in [0.15, 0.2) is 6.10 Å². The first-order chi connectivity index (χ1) is 27.9. The van der Waals surface area contributed by atoms with Crippen LogP contribution in [0.15, 0.2) is 12.2 Å². The fraction of sp³-hybridized carbons (Fsp3) is 0.909. The molecule has 58 heavy (non-hydrogen) atoms. The van der Waals surface area contributed by atoms with E-state index in [1.807, 2.05) is 0 Å². The van der Waals surface area contributed by atoms with Crippen molar-refractivity contribution in [1.29, 1.82) is 0 Å². The molecule has 0 aromatic carbocycles. The van der Waals surface area contributed by atoms with E-state index >= 15 is 0 Å². The molecule has 1 saturated carbocycles. The second-order valence-electron chi connectivity index (χ2n) is 16.3. The van der Waals surface area contributed by atoms with Gasteiger partial charge < -0.3 is 39.9 Å². The maximum Gasteiger partial charge on any atom is 0.472 e. The van der Waals surface area contributed by atoms with Gasteiger partial charge in [-0.1, -0.05) is 161 Å². The molecular weight excluding hydrogens is 767 g/mol. The second kappa shape index (κ2) is 35.2. The molecule has 1 fully saturated rings. The minimum absolute atomic E-state index is 0.0991. The van der Waals surface area contributed by atoms with Gasteiger partial charge in [-0.25, -0.2) is 4.57 Å². The van der Waals surface area contributed by atoms with Crippen molar-refractivity contribution in [3.8, 4) is 0 Å². The molecular formula is C44H83O13P. The highest BCUT2D eigenvalue weighted by Gasteiger charge is 2.51. The summed E-state index contributed by atoms with van der Waals surface area (Å²) in [6, 6.07) is 0. The monoisotopic (exact) mass is 851 g/mol. The number of hydrogen-bond donors (Lipinski definition) is 6. The number of aliphatic hydroxyl groups is 5. The van der Waals surface area contributed by atoms with Crippen LogP contribution in [0.1, 0.15) is 200 Å². The number of hydrogen-bond acceptors (Lipinski definition) is 12. The molecule has 0 aromatic heterocycles. The number of ether oxygens (including phenoxy) is 2. The fourth-order valence-corrected chi connectivity index (χ4v) is 8.08. The SMILES string of the molecule is CCCCCCCCCC/C=C/CCCCCC(=O)OC[C@@H](COP(=O)(O)OC1C(O)C(O)C(O)[C@H](O)C1O)OC(=O)CCCCCCCCCCCCCCCC. The van der Waals surface area contributed by atoms with E-state index in [0.717, 1.165) is 51.4 Å². The average Bonchev–Trinajstić information content (AvgIpc) is 3.20. The van der Waals surface area contributed by atoms with Crippen LogP contribution in [0.2, 0.25) is 0 Å². The number of carbonyl (C=O) groups is 2. The molecule has 14 heteroatoms. The van der Waals surface area contributed by atoms with E-state index in [0.29, 0.717) is 12.8 Å². The molecule has 6 N–H and O–H groups in total. The summed E-state index contributed by atoms with van der Waals surface area (Å²) in [4.78, 5) is 35.6. The van der Waals surface area contributed by atoms with Gasteiger partial charge >= 0.3 is 19.8 Å². The van der Waals surface area contributed by atoms with Gasteiger partial charge in [0.2, 0.25) is 0 Å². The molecule has 0 radical (unpaired) electrons. The maximum absolute atomic E-state index is 12.8. The lowest BCUT2D eigenvalue weighted by Gasteiger charge is -2.41. The maximum atomic E-state index is 12.8. The van der Waals surface area contributed by atoms with E-state index in [1.165, 1.54) is 109 Å². The zero-order chi connectivity index (χ0) is 42.9. The lowest BCUT2D eigenvalue weighted by Crippen LogP contribution is -2.64. The Hall–Kier alpha value is -1.41. The number of phosphoric ester groups is 1. The van der Waals surface area contributed by atoms with Crippen LogP contribution in [-0.2, 0) is 32.7 Å². The summed E-state index contributed by atoms with van der Waals surface area (Å²) in [5, 5.41) is 50.1. The van der Waals surface area contributed by atoms with Gasteiger partial charge in [-0.15, -0.1) is 0 Å². The Labute approximate surface area is 350 Å². The summed E-state index contributed by atoms with van der Waals surface area (Å²) in [7, 11) is -5.11. The molecule has 0 amide bonds. The van der Waals surface area contributed by atoms with Crippen LogP contribution >= 0.6 is 7.82 Å². The number of aliphatic hydroxyl groups excluding tert-OH is 5. The molecule has 0 bridgehead atoms. The summed E-state index contributed by atoms with van der Waals surface area (Å²) >= 11 is 0. The predicted molar refractivity (Wildman–Crippen MR) is 226 cm³/mol. The quantitative estimate of drug-likeness (QED) is 0.0149. The average molecular weight is 851 g/mol. The standard InChI is InChI=1S/C44H83O13P/c1-3-5-7-9-11-13-15-17-19-21-22-24-26-28-30-32-37(45)54-34-36(35-55-58(52,53)57-44-42(50)40(48)39(47)41(49)43(44)51)56-38(46)33-31-29-27-25-23-20-18-16-14-12-10-8-6-4-2/h21-22,36,39-44,47-51H,3-20,23-35H2,1-2H3,(H,52,53)/b22-21+/t36-,39?,40-,41?,42?,43?,44?/m0/s1. The second-order valence-corrected chi connectivity index (χ2v) is 17.7. The first kappa shape index (κ1) is 54.6. The third kappa shape index (κ3) is 27.4. The Bertz CT molecular complexity index is 1080. The summed E-state index contributed by atoms with van der Waals surface area (Å²) in [6.07, 6.45) is 22.7. The van der Waals surface area contributed by atoms with Gasteiger partial charge in [-0.05, 0) is 38.5 Å². The van der Waals surface area contributed by atoms with Crippen LogP contribution in [-0.4, -0.2) is 98.3 Å². The molecule has 8 atom stereocenters. The van der Waals surface area contributed by atoms with Crippen LogP contribution < -0.4 is 0 Å². The lowest BCUT2D eigenvalue weighted by atomic mass is 9.85. The smallest absolute Gasteiger partial charge is 0.462 e. The van der Waals surface area contributed by atoms with E-state index in [-0.39, 0.29) is 12.8 Å². The highest BCUT2D eigenvalue weighted by Crippen LogP contribution is 2.47. The number of unbranched alkanes of at least 4 members (excludes halogenated alkanes) is 24. The van der Waals surface area contributed by atoms with Crippen molar-refractivity contribution in [2.45, 2.75) is 243 Å². The molecule has 0 saturated heterocycles. The van der Waals surface area contributed by atoms with Crippen molar-refractivity contribution in [2.75, 3.05) is 13.2 Å². The first-order valence-electron chi connectivity index (χ1n) is 23.0. The lowest BCUT2D eigenvalue weighted by molar-refractivity contribution is -0.220. The topological polar surface area (TPSA) is 210 Å². The number of rotatable bonds is 38. The number of esters is 2. The third-order valence-electron chi connectivity index (χ3n) is 10.9. The summed E-state index contributed by atoms with van der Waals surface area (Å²) in [6.45, 7) is 3.29. The van der Waals surface area contributed by atoms with E-state index < -0.39 is 75.7 Å². The Balaban J connectivity index is 2.47. The molecule has 1 aliphatic carbocycles. The van der Waals surface area contributed by atoms with Gasteiger partial charge in [0.05, 0.1) is 6.61 Å². The fourth-order valence-electron chi connectivity index (χ4n) is 7.11. The first-order valence-corrected chi connectivity index (χ1v) is 24.5. The van der Waals surface area contributed by atoms with Crippen molar-refractivity contribution in [2.24, 2.45) is 0 Å². The summed E-state index contributed by atoms with van der Waals surface area (Å²) in [5.74, 6) is -1.11. The van der Waals surface area contributed by atoms with Crippen molar-refractivity contribution >= 4 is 19.8 Å². The van der Waals surface area contributed by atoms with Crippen LogP contribution in [0.3, 0.4) is 0 Å². The van der Waals surface area contributed by atoms with Crippen molar-refractivity contribution < 1.29 is 63.1 Å². The normalized spacial score (nSPS) is 22.6. The Morgan fingerprint density at radius 2 is 0.879 bits per heavy atom. The highest BCUT2D eigenvalue weighted by molar-refractivity contribution is 7.47. The third-order valence-corrected chi connectivity index (χ3v) is 11.8. The van der Waals surface area contributed by atoms with Crippen LogP contribution in [0.25, 0.3) is 0 Å². The number of carbonyl (C=O) groups excluding carboxylic acids is 2. The van der Waals surface area contributed by atoms with Crippen molar-refractivity contribution in [3.63, 3.8) is 0 Å². The summed E-state index contributed by atoms with van der Waals surface area (Å²) < 4.78 is 33.5. The summed E-state index contributed by atoms with van der Waals surface area (Å²) in [5.41, 5.74) is 0. The highest BCUT2D eigenvalue weighted by atomic mass is 31.2. The van der Waals surface area contributed by atoms with E-state index in [4.69, 9.17) is 18.5 Å². The molecule has 0 aliphatic heterocycles. The molecule has 6 unspecified atom stereocenters. The van der Waals surface area contributed by atoms with E-state index in [2.05, 4.69) is 26.0 Å². The number of allylic oxidation sites excluding steroid dienone is 2. The molecule has 0 heterocycles. The van der Waals surface area contributed by atoms with Crippen molar-refractivity contribution in [1.82, 2.24) is 0 Å². The van der Waals surface area contributed by atoms with Crippen molar-refractivity contribution in [3.05, 3.63) is 12.2 Å². The Morgan fingerprint density at radius 3 is 1.33 bits per heavy atom. The Kier molecular flexibility index (Phi) is 33.2. The largest absolute Gasteiger partial charge is 0.472 e. The minimum atomic E-state index is -5.11. The van der Waals surface area contributed by atoms with Crippen LogP contribution in [0.4, 0.5) is 0 Å². The van der Waals surface area contributed by atoms with Gasteiger partial charge in [0, 0.05) is 12.8 Å². The Morgan fingerprint density at radius 1 is 0.517 bits per heavy atom.